The van der Waals surface area contributed by atoms with Gasteiger partial charge in [-0.1, -0.05) is 12.8 Å². The molecule has 0 saturated heterocycles. The number of nitrogens with zero attached hydrogens (tertiary/aromatic N) is 2. The van der Waals surface area contributed by atoms with Crippen LogP contribution in [0.3, 0.4) is 0 Å². The molecule has 0 unspecified atom stereocenters. The van der Waals surface area contributed by atoms with Crippen molar-refractivity contribution >= 4 is 0 Å². The Hall–Kier alpha value is -1.00. The Balaban J connectivity index is 1.67. The Kier molecular flexibility index (Phi) is 3.43. The SMILES string of the molecule is c1cc(CNOC2CCCC2)ncn1. The van der Waals surface area contributed by atoms with Gasteiger partial charge in [-0.05, 0) is 18.9 Å². The molecular weight excluding hydrogens is 178 g/mol. The highest BCUT2D eigenvalue weighted by molar-refractivity contribution is 4.96. The van der Waals surface area contributed by atoms with Gasteiger partial charge in [0.25, 0.3) is 0 Å². The first-order valence-corrected chi connectivity index (χ1v) is 5.08. The van der Waals surface area contributed by atoms with E-state index in [9.17, 15) is 0 Å². The van der Waals surface area contributed by atoms with Gasteiger partial charge in [-0.3, -0.25) is 4.84 Å². The molecule has 14 heavy (non-hydrogen) atoms. The summed E-state index contributed by atoms with van der Waals surface area (Å²) in [5.74, 6) is 0. The van der Waals surface area contributed by atoms with Crippen molar-refractivity contribution < 1.29 is 4.84 Å². The van der Waals surface area contributed by atoms with E-state index in [1.165, 1.54) is 25.7 Å². The van der Waals surface area contributed by atoms with E-state index in [-0.39, 0.29) is 0 Å². The largest absolute Gasteiger partial charge is 0.298 e. The van der Waals surface area contributed by atoms with Gasteiger partial charge in [-0.2, -0.15) is 5.48 Å². The zero-order valence-corrected chi connectivity index (χ0v) is 8.15. The first kappa shape index (κ1) is 9.55. The normalized spacial score (nSPS) is 17.4. The fraction of sp³-hybridized carbons (Fsp3) is 0.600. The lowest BCUT2D eigenvalue weighted by Gasteiger charge is -2.10. The third-order valence-corrected chi connectivity index (χ3v) is 2.45. The minimum absolute atomic E-state index is 0.400. The van der Waals surface area contributed by atoms with E-state index in [1.54, 1.807) is 12.5 Å². The summed E-state index contributed by atoms with van der Waals surface area (Å²) in [4.78, 5) is 13.4. The van der Waals surface area contributed by atoms with Crippen molar-refractivity contribution in [2.75, 3.05) is 0 Å². The average Bonchev–Trinajstić information content (AvgIpc) is 2.72. The molecule has 1 N–H and O–H groups in total. The van der Waals surface area contributed by atoms with Gasteiger partial charge >= 0.3 is 0 Å². The van der Waals surface area contributed by atoms with Crippen LogP contribution < -0.4 is 5.48 Å². The molecule has 0 bridgehead atoms. The van der Waals surface area contributed by atoms with Gasteiger partial charge in [-0.15, -0.1) is 0 Å². The first-order chi connectivity index (χ1) is 6.95. The smallest absolute Gasteiger partial charge is 0.115 e. The Morgan fingerprint density at radius 3 is 3.00 bits per heavy atom. The Bertz CT molecular complexity index is 259. The second kappa shape index (κ2) is 5.02. The summed E-state index contributed by atoms with van der Waals surface area (Å²) in [6.45, 7) is 0.652. The summed E-state index contributed by atoms with van der Waals surface area (Å²) < 4.78 is 0. The van der Waals surface area contributed by atoms with E-state index in [0.29, 0.717) is 12.6 Å². The van der Waals surface area contributed by atoms with Crippen LogP contribution in [-0.4, -0.2) is 16.1 Å². The molecule has 4 nitrogen and oxygen atoms in total. The van der Waals surface area contributed by atoms with Crippen LogP contribution in [0.2, 0.25) is 0 Å². The third kappa shape index (κ3) is 2.75. The number of rotatable bonds is 4. The summed E-state index contributed by atoms with van der Waals surface area (Å²) in [5, 5.41) is 0. The van der Waals surface area contributed by atoms with Gasteiger partial charge in [-0.25, -0.2) is 9.97 Å². The predicted octanol–water partition coefficient (Wildman–Crippen LogP) is 1.44. The fourth-order valence-corrected chi connectivity index (χ4v) is 1.66. The number of hydroxylamine groups is 1. The molecule has 4 heteroatoms. The van der Waals surface area contributed by atoms with E-state index < -0.39 is 0 Å². The molecule has 1 aliphatic rings. The van der Waals surface area contributed by atoms with Crippen LogP contribution in [0.15, 0.2) is 18.6 Å². The van der Waals surface area contributed by atoms with Gasteiger partial charge < -0.3 is 0 Å². The van der Waals surface area contributed by atoms with E-state index in [0.717, 1.165) is 5.69 Å². The van der Waals surface area contributed by atoms with Gasteiger partial charge in [0, 0.05) is 6.20 Å². The molecule has 0 radical (unpaired) electrons. The van der Waals surface area contributed by atoms with Crippen LogP contribution in [0.5, 0.6) is 0 Å². The van der Waals surface area contributed by atoms with Crippen molar-refractivity contribution in [3.8, 4) is 0 Å². The number of hydrogen-bond acceptors (Lipinski definition) is 4. The maximum absolute atomic E-state index is 5.50. The number of aromatic nitrogens is 2. The summed E-state index contributed by atoms with van der Waals surface area (Å²) in [7, 11) is 0. The maximum Gasteiger partial charge on any atom is 0.115 e. The van der Waals surface area contributed by atoms with Crippen LogP contribution >= 0.6 is 0 Å². The zero-order chi connectivity index (χ0) is 9.64. The lowest BCUT2D eigenvalue weighted by Crippen LogP contribution is -2.21. The molecule has 0 aromatic carbocycles. The molecule has 1 aliphatic carbocycles. The highest BCUT2D eigenvalue weighted by Gasteiger charge is 2.15. The Labute approximate surface area is 83.7 Å². The summed E-state index contributed by atoms with van der Waals surface area (Å²) >= 11 is 0. The molecule has 0 atom stereocenters. The lowest BCUT2D eigenvalue weighted by molar-refractivity contribution is -0.0249. The van der Waals surface area contributed by atoms with Gasteiger partial charge in [0.1, 0.15) is 6.33 Å². The fourth-order valence-electron chi connectivity index (χ4n) is 1.66. The molecule has 1 saturated carbocycles. The Morgan fingerprint density at radius 1 is 1.43 bits per heavy atom. The van der Waals surface area contributed by atoms with Crippen molar-refractivity contribution in [3.05, 3.63) is 24.3 Å². The van der Waals surface area contributed by atoms with Gasteiger partial charge in [0.05, 0.1) is 18.3 Å². The highest BCUT2D eigenvalue weighted by atomic mass is 16.7. The van der Waals surface area contributed by atoms with Gasteiger partial charge in [0.2, 0.25) is 0 Å². The van der Waals surface area contributed by atoms with E-state index >= 15 is 0 Å². The topological polar surface area (TPSA) is 47.0 Å². The highest BCUT2D eigenvalue weighted by Crippen LogP contribution is 2.19. The molecule has 0 spiro atoms. The van der Waals surface area contributed by atoms with E-state index in [1.807, 2.05) is 6.07 Å². The molecule has 0 aliphatic heterocycles. The quantitative estimate of drug-likeness (QED) is 0.735. The summed E-state index contributed by atoms with van der Waals surface area (Å²) in [6, 6.07) is 1.88. The molecule has 1 aromatic rings. The standard InChI is InChI=1S/C10H15N3O/c1-2-4-10(3-1)14-13-7-9-5-6-11-8-12-9/h5-6,8,10,13H,1-4,7H2. The van der Waals surface area contributed by atoms with E-state index in [2.05, 4.69) is 15.4 Å². The molecule has 1 fully saturated rings. The van der Waals surface area contributed by atoms with E-state index in [4.69, 9.17) is 4.84 Å². The van der Waals surface area contributed by atoms with Crippen molar-refractivity contribution in [1.82, 2.24) is 15.4 Å². The van der Waals surface area contributed by atoms with Crippen LogP contribution in [-0.2, 0) is 11.4 Å². The van der Waals surface area contributed by atoms with Crippen molar-refractivity contribution in [3.63, 3.8) is 0 Å². The van der Waals surface area contributed by atoms with Crippen molar-refractivity contribution in [1.29, 1.82) is 0 Å². The molecule has 1 heterocycles. The maximum atomic E-state index is 5.50. The van der Waals surface area contributed by atoms with Crippen LogP contribution in [0.1, 0.15) is 31.4 Å². The molecular formula is C10H15N3O. The Morgan fingerprint density at radius 2 is 2.29 bits per heavy atom. The van der Waals surface area contributed by atoms with Gasteiger partial charge in [0.15, 0.2) is 0 Å². The summed E-state index contributed by atoms with van der Waals surface area (Å²) in [6.07, 6.45) is 8.62. The summed E-state index contributed by atoms with van der Waals surface area (Å²) in [5.41, 5.74) is 3.91. The van der Waals surface area contributed by atoms with Crippen molar-refractivity contribution in [2.24, 2.45) is 0 Å². The monoisotopic (exact) mass is 193 g/mol. The third-order valence-electron chi connectivity index (χ3n) is 2.45. The van der Waals surface area contributed by atoms with Crippen LogP contribution in [0.25, 0.3) is 0 Å². The second-order valence-corrected chi connectivity index (χ2v) is 3.55. The number of hydrogen-bond donors (Lipinski definition) is 1. The minimum atomic E-state index is 0.400. The molecule has 76 valence electrons. The average molecular weight is 193 g/mol. The van der Waals surface area contributed by atoms with Crippen LogP contribution in [0.4, 0.5) is 0 Å². The second-order valence-electron chi connectivity index (χ2n) is 3.55. The molecule has 2 rings (SSSR count). The zero-order valence-electron chi connectivity index (χ0n) is 8.15. The predicted molar refractivity (Wildman–Crippen MR) is 52.2 cm³/mol. The molecule has 1 aromatic heterocycles. The first-order valence-electron chi connectivity index (χ1n) is 5.08. The lowest BCUT2D eigenvalue weighted by atomic mass is 10.3. The molecule has 0 amide bonds. The number of nitrogens with one attached hydrogen (secondary N) is 1. The minimum Gasteiger partial charge on any atom is -0.298 e. The van der Waals surface area contributed by atoms with Crippen LogP contribution in [0, 0.1) is 0 Å². The van der Waals surface area contributed by atoms with Crippen molar-refractivity contribution in [2.45, 2.75) is 38.3 Å².